The van der Waals surface area contributed by atoms with Gasteiger partial charge in [0, 0.05) is 16.6 Å². The number of hydrogen-bond acceptors (Lipinski definition) is 3. The van der Waals surface area contributed by atoms with Crippen molar-refractivity contribution in [2.45, 2.75) is 13.3 Å². The molecule has 3 nitrogen and oxygen atoms in total. The van der Waals surface area contributed by atoms with E-state index in [0.717, 1.165) is 13.0 Å². The number of nitrogens with one attached hydrogen (secondary N) is 1. The van der Waals surface area contributed by atoms with Gasteiger partial charge in [0.1, 0.15) is 16.6 Å². The molecule has 0 radical (unpaired) electrons. The van der Waals surface area contributed by atoms with E-state index in [1.54, 1.807) is 24.3 Å². The van der Waals surface area contributed by atoms with Crippen molar-refractivity contribution in [2.75, 3.05) is 11.9 Å². The van der Waals surface area contributed by atoms with Crippen molar-refractivity contribution in [3.05, 3.63) is 44.4 Å². The first kappa shape index (κ1) is 16.5. The summed E-state index contributed by atoms with van der Waals surface area (Å²) in [5.41, 5.74) is 0. The molecule has 0 atom stereocenters. The first-order chi connectivity index (χ1) is 9.99. The average molecular weight is 366 g/mol. The molecule has 7 heteroatoms. The van der Waals surface area contributed by atoms with Crippen LogP contribution < -0.4 is 10.1 Å². The van der Waals surface area contributed by atoms with Crippen molar-refractivity contribution in [3.8, 4) is 11.6 Å². The maximum Gasteiger partial charge on any atom is 0.240 e. The molecule has 1 N–H and O–H groups in total. The zero-order chi connectivity index (χ0) is 15.4. The Morgan fingerprint density at radius 1 is 1.00 bits per heavy atom. The fourth-order valence-electron chi connectivity index (χ4n) is 1.59. The fraction of sp³-hybridized carbons (Fsp3) is 0.214. The van der Waals surface area contributed by atoms with Gasteiger partial charge in [0.15, 0.2) is 0 Å². The second-order valence-electron chi connectivity index (χ2n) is 4.24. The van der Waals surface area contributed by atoms with E-state index >= 15 is 0 Å². The topological polar surface area (TPSA) is 34.2 Å². The molecule has 112 valence electrons. The molecule has 0 saturated heterocycles. The van der Waals surface area contributed by atoms with Gasteiger partial charge in [-0.3, -0.25) is 0 Å². The number of benzene rings is 1. The third kappa shape index (κ3) is 4.55. The van der Waals surface area contributed by atoms with Crippen LogP contribution in [0.3, 0.4) is 0 Å². The third-order valence-corrected chi connectivity index (χ3v) is 3.49. The standard InChI is InChI=1S/C14H12Cl4N2O/c1-2-3-19-13-11(17)7-12(18)14(20-13)21-10-5-8(15)4-9(16)6-10/h4-7H,2-3H2,1H3,(H,19,20). The van der Waals surface area contributed by atoms with E-state index in [-0.39, 0.29) is 5.88 Å². The maximum atomic E-state index is 6.10. The summed E-state index contributed by atoms with van der Waals surface area (Å²) in [6.07, 6.45) is 0.945. The van der Waals surface area contributed by atoms with E-state index in [9.17, 15) is 0 Å². The van der Waals surface area contributed by atoms with E-state index in [0.29, 0.717) is 31.7 Å². The minimum atomic E-state index is 0.234. The molecule has 2 rings (SSSR count). The third-order valence-electron chi connectivity index (χ3n) is 2.49. The monoisotopic (exact) mass is 364 g/mol. The second kappa shape index (κ2) is 7.41. The largest absolute Gasteiger partial charge is 0.437 e. The van der Waals surface area contributed by atoms with Gasteiger partial charge < -0.3 is 10.1 Å². The number of ether oxygens (including phenoxy) is 1. The van der Waals surface area contributed by atoms with Crippen molar-refractivity contribution in [1.82, 2.24) is 4.98 Å². The summed E-state index contributed by atoms with van der Waals surface area (Å²) in [5.74, 6) is 1.20. The zero-order valence-electron chi connectivity index (χ0n) is 11.1. The van der Waals surface area contributed by atoms with Crippen LogP contribution in [0.4, 0.5) is 5.82 Å². The minimum Gasteiger partial charge on any atom is -0.437 e. The molecule has 0 saturated carbocycles. The number of hydrogen-bond donors (Lipinski definition) is 1. The molecule has 0 aliphatic heterocycles. The summed E-state index contributed by atoms with van der Waals surface area (Å²) in [6, 6.07) is 6.44. The molecule has 0 aliphatic carbocycles. The maximum absolute atomic E-state index is 6.10. The van der Waals surface area contributed by atoms with Crippen molar-refractivity contribution >= 4 is 52.2 Å². The van der Waals surface area contributed by atoms with Gasteiger partial charge in [-0.25, -0.2) is 0 Å². The van der Waals surface area contributed by atoms with Gasteiger partial charge in [0.2, 0.25) is 5.88 Å². The van der Waals surface area contributed by atoms with Gasteiger partial charge in [-0.05, 0) is 30.7 Å². The van der Waals surface area contributed by atoms with Gasteiger partial charge in [-0.2, -0.15) is 4.98 Å². The fourth-order valence-corrected chi connectivity index (χ4v) is 2.56. The molecule has 0 bridgehead atoms. The second-order valence-corrected chi connectivity index (χ2v) is 5.93. The van der Waals surface area contributed by atoms with Crippen LogP contribution in [-0.4, -0.2) is 11.5 Å². The number of nitrogens with zero attached hydrogens (tertiary/aromatic N) is 1. The number of pyridine rings is 1. The van der Waals surface area contributed by atoms with Crippen LogP contribution in [0.1, 0.15) is 13.3 Å². The molecule has 0 fully saturated rings. The molecular formula is C14H12Cl4N2O. The lowest BCUT2D eigenvalue weighted by atomic mass is 10.3. The smallest absolute Gasteiger partial charge is 0.240 e. The predicted molar refractivity (Wildman–Crippen MR) is 89.6 cm³/mol. The zero-order valence-corrected chi connectivity index (χ0v) is 14.1. The summed E-state index contributed by atoms with van der Waals surface area (Å²) in [7, 11) is 0. The highest BCUT2D eigenvalue weighted by atomic mass is 35.5. The highest BCUT2D eigenvalue weighted by molar-refractivity contribution is 6.36. The molecule has 2 aromatic rings. The molecule has 0 spiro atoms. The summed E-state index contributed by atoms with van der Waals surface area (Å²) in [6.45, 7) is 2.79. The molecule has 0 amide bonds. The van der Waals surface area contributed by atoms with Gasteiger partial charge in [-0.1, -0.05) is 53.3 Å². The number of rotatable bonds is 5. The van der Waals surface area contributed by atoms with Crippen molar-refractivity contribution in [3.63, 3.8) is 0 Å². The Labute approximate surface area is 143 Å². The van der Waals surface area contributed by atoms with Gasteiger partial charge in [0.25, 0.3) is 0 Å². The van der Waals surface area contributed by atoms with Gasteiger partial charge >= 0.3 is 0 Å². The Hall–Kier alpha value is -0.870. The first-order valence-electron chi connectivity index (χ1n) is 6.23. The molecule has 0 aliphatic rings. The summed E-state index contributed by atoms with van der Waals surface area (Å²) in [5, 5.41) is 4.77. The molecule has 1 heterocycles. The normalized spacial score (nSPS) is 10.5. The summed E-state index contributed by atoms with van der Waals surface area (Å²) >= 11 is 24.0. The highest BCUT2D eigenvalue weighted by Crippen LogP contribution is 2.35. The highest BCUT2D eigenvalue weighted by Gasteiger charge is 2.12. The van der Waals surface area contributed by atoms with Crippen LogP contribution in [0.5, 0.6) is 11.6 Å². The van der Waals surface area contributed by atoms with Crippen molar-refractivity contribution in [2.24, 2.45) is 0 Å². The van der Waals surface area contributed by atoms with E-state index in [1.165, 1.54) is 0 Å². The first-order valence-corrected chi connectivity index (χ1v) is 7.74. The molecule has 1 aromatic heterocycles. The SMILES string of the molecule is CCCNc1nc(Oc2cc(Cl)cc(Cl)c2)c(Cl)cc1Cl. The Bertz CT molecular complexity index is 629. The van der Waals surface area contributed by atoms with Crippen molar-refractivity contribution in [1.29, 1.82) is 0 Å². The van der Waals surface area contributed by atoms with Crippen molar-refractivity contribution < 1.29 is 4.74 Å². The number of halogens is 4. The van der Waals surface area contributed by atoms with Crippen LogP contribution in [0.15, 0.2) is 24.3 Å². The van der Waals surface area contributed by atoms with Gasteiger partial charge in [-0.15, -0.1) is 0 Å². The molecule has 0 unspecified atom stereocenters. The summed E-state index contributed by atoms with van der Waals surface area (Å²) in [4.78, 5) is 4.28. The predicted octanol–water partition coefficient (Wildman–Crippen LogP) is 6.31. The van der Waals surface area contributed by atoms with E-state index < -0.39 is 0 Å². The number of aromatic nitrogens is 1. The van der Waals surface area contributed by atoms with E-state index in [2.05, 4.69) is 10.3 Å². The molecule has 21 heavy (non-hydrogen) atoms. The van der Waals surface area contributed by atoms with Crippen LogP contribution >= 0.6 is 46.4 Å². The van der Waals surface area contributed by atoms with Crippen LogP contribution in [0.25, 0.3) is 0 Å². The Kier molecular flexibility index (Phi) is 5.82. The number of anilines is 1. The average Bonchev–Trinajstić information content (AvgIpc) is 2.39. The van der Waals surface area contributed by atoms with Crippen LogP contribution in [0.2, 0.25) is 20.1 Å². The Morgan fingerprint density at radius 3 is 2.29 bits per heavy atom. The molecular weight excluding hydrogens is 354 g/mol. The van der Waals surface area contributed by atoms with Gasteiger partial charge in [0.05, 0.1) is 5.02 Å². The Balaban J connectivity index is 2.30. The molecule has 1 aromatic carbocycles. The lowest BCUT2D eigenvalue weighted by molar-refractivity contribution is 0.464. The van der Waals surface area contributed by atoms with Crippen LogP contribution in [-0.2, 0) is 0 Å². The van der Waals surface area contributed by atoms with E-state index in [4.69, 9.17) is 51.1 Å². The summed E-state index contributed by atoms with van der Waals surface area (Å²) < 4.78 is 5.64. The van der Waals surface area contributed by atoms with E-state index in [1.807, 2.05) is 6.92 Å². The Morgan fingerprint density at radius 2 is 1.67 bits per heavy atom. The quantitative estimate of drug-likeness (QED) is 0.674. The lowest BCUT2D eigenvalue weighted by Gasteiger charge is -2.11. The minimum absolute atomic E-state index is 0.234. The lowest BCUT2D eigenvalue weighted by Crippen LogP contribution is -2.03. The van der Waals surface area contributed by atoms with Crippen LogP contribution in [0, 0.1) is 0 Å².